The van der Waals surface area contributed by atoms with Crippen molar-refractivity contribution < 1.29 is 19.0 Å². The molecule has 0 spiro atoms. The first-order valence-electron chi connectivity index (χ1n) is 8.76. The summed E-state index contributed by atoms with van der Waals surface area (Å²) < 4.78 is 17.8. The Morgan fingerprint density at radius 2 is 1.96 bits per heavy atom. The van der Waals surface area contributed by atoms with E-state index in [4.69, 9.17) is 19.9 Å². The normalized spacial score (nSPS) is 28.6. The second kappa shape index (κ2) is 9.04. The Morgan fingerprint density at radius 1 is 1.25 bits per heavy atom. The van der Waals surface area contributed by atoms with Crippen molar-refractivity contribution in [3.8, 4) is 5.75 Å². The standard InChI is InChI=1S/C19H29NO4/c1-13(2)12-22-17-11-7-10-16(20)19(21)23-14(3)18(17)24-15-8-5-4-6-9-15/h4-6,8-9,13-14,16-18H,7,10-12,20H2,1-3H3/t14-,16-,17-,18-/m0/s1. The predicted molar refractivity (Wildman–Crippen MR) is 92.8 cm³/mol. The van der Waals surface area contributed by atoms with Gasteiger partial charge in [0, 0.05) is 6.61 Å². The van der Waals surface area contributed by atoms with Gasteiger partial charge in [0.15, 0.2) is 6.10 Å². The third-order valence-corrected chi connectivity index (χ3v) is 4.10. The van der Waals surface area contributed by atoms with Crippen LogP contribution in [0, 0.1) is 5.92 Å². The minimum atomic E-state index is -0.575. The fraction of sp³-hybridized carbons (Fsp3) is 0.632. The number of esters is 1. The van der Waals surface area contributed by atoms with E-state index in [9.17, 15) is 4.79 Å². The summed E-state index contributed by atoms with van der Waals surface area (Å²) in [7, 11) is 0. The lowest BCUT2D eigenvalue weighted by Gasteiger charge is -2.31. The van der Waals surface area contributed by atoms with E-state index in [0.29, 0.717) is 18.9 Å². The van der Waals surface area contributed by atoms with E-state index in [0.717, 1.165) is 18.6 Å². The van der Waals surface area contributed by atoms with Crippen LogP contribution in [0.2, 0.25) is 0 Å². The molecule has 1 aromatic carbocycles. The van der Waals surface area contributed by atoms with Crippen LogP contribution in [0.4, 0.5) is 0 Å². The van der Waals surface area contributed by atoms with Crippen LogP contribution >= 0.6 is 0 Å². The van der Waals surface area contributed by atoms with Crippen LogP contribution in [0.15, 0.2) is 30.3 Å². The largest absolute Gasteiger partial charge is 0.484 e. The zero-order chi connectivity index (χ0) is 17.5. The molecular formula is C19H29NO4. The summed E-state index contributed by atoms with van der Waals surface area (Å²) in [4.78, 5) is 12.1. The Labute approximate surface area is 144 Å². The fourth-order valence-electron chi connectivity index (χ4n) is 2.78. The van der Waals surface area contributed by atoms with Gasteiger partial charge in [-0.3, -0.25) is 4.79 Å². The molecule has 2 N–H and O–H groups in total. The molecule has 0 saturated carbocycles. The van der Waals surface area contributed by atoms with Crippen molar-refractivity contribution in [1.29, 1.82) is 0 Å². The molecule has 1 heterocycles. The Bertz CT molecular complexity index is 505. The third-order valence-electron chi connectivity index (χ3n) is 4.10. The van der Waals surface area contributed by atoms with Gasteiger partial charge in [-0.1, -0.05) is 32.0 Å². The van der Waals surface area contributed by atoms with Crippen LogP contribution in [0.1, 0.15) is 40.0 Å². The molecule has 1 aliphatic heterocycles. The highest BCUT2D eigenvalue weighted by atomic mass is 16.6. The van der Waals surface area contributed by atoms with E-state index in [2.05, 4.69) is 13.8 Å². The van der Waals surface area contributed by atoms with Crippen molar-refractivity contribution in [2.75, 3.05) is 6.61 Å². The lowest BCUT2D eigenvalue weighted by molar-refractivity contribution is -0.159. The second-order valence-corrected chi connectivity index (χ2v) is 6.84. The summed E-state index contributed by atoms with van der Waals surface area (Å²) in [6, 6.07) is 8.99. The van der Waals surface area contributed by atoms with Crippen molar-refractivity contribution >= 4 is 5.97 Å². The van der Waals surface area contributed by atoms with Gasteiger partial charge in [-0.15, -0.1) is 0 Å². The van der Waals surface area contributed by atoms with E-state index in [1.165, 1.54) is 0 Å². The van der Waals surface area contributed by atoms with Crippen LogP contribution < -0.4 is 10.5 Å². The first kappa shape index (κ1) is 18.7. The Kier molecular flexibility index (Phi) is 7.06. The summed E-state index contributed by atoms with van der Waals surface area (Å²) in [5.74, 6) is 0.802. The molecule has 5 nitrogen and oxygen atoms in total. The van der Waals surface area contributed by atoms with Gasteiger partial charge in [-0.05, 0) is 44.2 Å². The summed E-state index contributed by atoms with van der Waals surface area (Å²) in [6.45, 7) is 6.71. The zero-order valence-corrected chi connectivity index (χ0v) is 14.8. The van der Waals surface area contributed by atoms with Crippen molar-refractivity contribution in [2.45, 2.75) is 64.4 Å². The lowest BCUT2D eigenvalue weighted by atomic mass is 10.0. The molecule has 0 aromatic heterocycles. The second-order valence-electron chi connectivity index (χ2n) is 6.84. The molecular weight excluding hydrogens is 306 g/mol. The van der Waals surface area contributed by atoms with Gasteiger partial charge in [-0.25, -0.2) is 0 Å². The molecule has 0 unspecified atom stereocenters. The minimum absolute atomic E-state index is 0.138. The molecule has 0 amide bonds. The maximum absolute atomic E-state index is 12.1. The summed E-state index contributed by atoms with van der Waals surface area (Å²) in [5.41, 5.74) is 5.89. The summed E-state index contributed by atoms with van der Waals surface area (Å²) in [5, 5.41) is 0. The third kappa shape index (κ3) is 5.49. The average molecular weight is 335 g/mol. The highest BCUT2D eigenvalue weighted by Crippen LogP contribution is 2.24. The SMILES string of the molecule is CC(C)CO[C@H]1CCC[C@H](N)C(=O)O[C@@H](C)[C@@H]1Oc1ccccc1. The highest BCUT2D eigenvalue weighted by molar-refractivity contribution is 5.75. The first-order chi connectivity index (χ1) is 11.5. The molecule has 1 fully saturated rings. The van der Waals surface area contributed by atoms with Crippen LogP contribution in [-0.4, -0.2) is 36.9 Å². The molecule has 134 valence electrons. The highest BCUT2D eigenvalue weighted by Gasteiger charge is 2.35. The number of para-hydroxylation sites is 1. The van der Waals surface area contributed by atoms with E-state index >= 15 is 0 Å². The Hall–Kier alpha value is -1.59. The van der Waals surface area contributed by atoms with Crippen molar-refractivity contribution in [3.05, 3.63) is 30.3 Å². The number of carbonyl (C=O) groups is 1. The van der Waals surface area contributed by atoms with Gasteiger partial charge in [0.05, 0.1) is 6.10 Å². The quantitative estimate of drug-likeness (QED) is 0.838. The average Bonchev–Trinajstić information content (AvgIpc) is 2.60. The molecule has 0 bridgehead atoms. The maximum atomic E-state index is 12.1. The Balaban J connectivity index is 2.18. The van der Waals surface area contributed by atoms with Gasteiger partial charge < -0.3 is 19.9 Å². The number of nitrogens with two attached hydrogens (primary N) is 1. The van der Waals surface area contributed by atoms with Gasteiger partial charge >= 0.3 is 5.97 Å². The molecule has 2 rings (SSSR count). The van der Waals surface area contributed by atoms with E-state index in [-0.39, 0.29) is 18.2 Å². The molecule has 5 heteroatoms. The number of hydrogen-bond acceptors (Lipinski definition) is 5. The molecule has 24 heavy (non-hydrogen) atoms. The molecule has 1 aliphatic rings. The van der Waals surface area contributed by atoms with Gasteiger partial charge in [0.1, 0.15) is 17.9 Å². The van der Waals surface area contributed by atoms with Crippen LogP contribution in [0.5, 0.6) is 5.75 Å². The fourth-order valence-corrected chi connectivity index (χ4v) is 2.78. The van der Waals surface area contributed by atoms with Gasteiger partial charge in [-0.2, -0.15) is 0 Å². The number of rotatable bonds is 5. The summed E-state index contributed by atoms with van der Waals surface area (Å²) in [6.07, 6.45) is 1.27. The van der Waals surface area contributed by atoms with Crippen LogP contribution in [0.25, 0.3) is 0 Å². The topological polar surface area (TPSA) is 70.8 Å². The number of ether oxygens (including phenoxy) is 3. The van der Waals surface area contributed by atoms with E-state index in [1.54, 1.807) is 0 Å². The lowest BCUT2D eigenvalue weighted by Crippen LogP contribution is -2.45. The number of hydrogen-bond donors (Lipinski definition) is 1. The minimum Gasteiger partial charge on any atom is -0.484 e. The first-order valence-corrected chi connectivity index (χ1v) is 8.76. The van der Waals surface area contributed by atoms with Crippen molar-refractivity contribution in [1.82, 2.24) is 0 Å². The van der Waals surface area contributed by atoms with Gasteiger partial charge in [0.25, 0.3) is 0 Å². The van der Waals surface area contributed by atoms with Crippen LogP contribution in [0.3, 0.4) is 0 Å². The van der Waals surface area contributed by atoms with E-state index < -0.39 is 12.1 Å². The van der Waals surface area contributed by atoms with E-state index in [1.807, 2.05) is 37.3 Å². The van der Waals surface area contributed by atoms with Gasteiger partial charge in [0.2, 0.25) is 0 Å². The van der Waals surface area contributed by atoms with Crippen molar-refractivity contribution in [2.24, 2.45) is 11.7 Å². The van der Waals surface area contributed by atoms with Crippen molar-refractivity contribution in [3.63, 3.8) is 0 Å². The monoisotopic (exact) mass is 335 g/mol. The predicted octanol–water partition coefficient (Wildman–Crippen LogP) is 2.92. The molecule has 4 atom stereocenters. The maximum Gasteiger partial charge on any atom is 0.323 e. The molecule has 0 aliphatic carbocycles. The number of benzene rings is 1. The smallest absolute Gasteiger partial charge is 0.323 e. The molecule has 0 radical (unpaired) electrons. The zero-order valence-electron chi connectivity index (χ0n) is 14.8. The number of cyclic esters (lactones) is 1. The molecule has 1 saturated heterocycles. The number of carbonyl (C=O) groups excluding carboxylic acids is 1. The van der Waals surface area contributed by atoms with Crippen LogP contribution in [-0.2, 0) is 14.3 Å². The molecule has 1 aromatic rings. The summed E-state index contributed by atoms with van der Waals surface area (Å²) >= 11 is 0. The Morgan fingerprint density at radius 3 is 2.62 bits per heavy atom.